The number of aromatic amines is 1. The highest BCUT2D eigenvalue weighted by Gasteiger charge is 2.14. The van der Waals surface area contributed by atoms with Gasteiger partial charge in [-0.05, 0) is 24.3 Å². The summed E-state index contributed by atoms with van der Waals surface area (Å²) >= 11 is 6.19. The number of H-pyrrole nitrogens is 1. The van der Waals surface area contributed by atoms with Gasteiger partial charge in [-0.1, -0.05) is 29.8 Å². The molecule has 0 aliphatic heterocycles. The maximum absolute atomic E-state index is 11.4. The summed E-state index contributed by atoms with van der Waals surface area (Å²) in [6.45, 7) is 0. The van der Waals surface area contributed by atoms with Crippen LogP contribution in [0.25, 0.3) is 22.2 Å². The van der Waals surface area contributed by atoms with Gasteiger partial charge in [-0.15, -0.1) is 0 Å². The van der Waals surface area contributed by atoms with E-state index in [0.717, 1.165) is 22.8 Å². The number of halogens is 1. The molecule has 1 heterocycles. The van der Waals surface area contributed by atoms with Crippen LogP contribution in [0.15, 0.2) is 42.5 Å². The van der Waals surface area contributed by atoms with Crippen molar-refractivity contribution in [3.05, 3.63) is 58.6 Å². The molecule has 3 rings (SSSR count). The van der Waals surface area contributed by atoms with Crippen molar-refractivity contribution in [2.75, 3.05) is 0 Å². The van der Waals surface area contributed by atoms with Crippen molar-refractivity contribution in [2.24, 2.45) is 0 Å². The van der Waals surface area contributed by atoms with Gasteiger partial charge in [-0.3, -0.25) is 4.79 Å². The zero-order chi connectivity index (χ0) is 14.1. The summed E-state index contributed by atoms with van der Waals surface area (Å²) < 4.78 is 0. The number of rotatable bonds is 2. The monoisotopic (exact) mass is 280 g/mol. The first-order valence-corrected chi connectivity index (χ1v) is 6.38. The number of nitrogens with one attached hydrogen (secondary N) is 1. The molecule has 1 aromatic heterocycles. The Kier molecular flexibility index (Phi) is 3.02. The minimum atomic E-state index is 0.519. The summed E-state index contributed by atoms with van der Waals surface area (Å²) in [6, 6.07) is 14.6. The molecular formula is C16H9ClN2O. The number of aromatic nitrogens is 1. The molecule has 0 amide bonds. The molecule has 0 spiro atoms. The Morgan fingerprint density at radius 3 is 2.70 bits per heavy atom. The van der Waals surface area contributed by atoms with Gasteiger partial charge in [0, 0.05) is 27.1 Å². The summed E-state index contributed by atoms with van der Waals surface area (Å²) in [5, 5.41) is 10.3. The van der Waals surface area contributed by atoms with Crippen LogP contribution >= 0.6 is 11.6 Å². The van der Waals surface area contributed by atoms with E-state index in [2.05, 4.69) is 11.1 Å². The zero-order valence-corrected chi connectivity index (χ0v) is 11.1. The van der Waals surface area contributed by atoms with E-state index in [1.54, 1.807) is 24.3 Å². The van der Waals surface area contributed by atoms with Gasteiger partial charge >= 0.3 is 0 Å². The molecule has 0 aliphatic rings. The molecule has 0 fully saturated rings. The van der Waals surface area contributed by atoms with Crippen LogP contribution in [0.3, 0.4) is 0 Å². The van der Waals surface area contributed by atoms with Crippen LogP contribution < -0.4 is 0 Å². The van der Waals surface area contributed by atoms with Gasteiger partial charge in [0.15, 0.2) is 6.29 Å². The average molecular weight is 281 g/mol. The van der Waals surface area contributed by atoms with Crippen molar-refractivity contribution in [2.45, 2.75) is 0 Å². The lowest BCUT2D eigenvalue weighted by Crippen LogP contribution is -1.85. The predicted octanol–water partition coefficient (Wildman–Crippen LogP) is 4.17. The third-order valence-corrected chi connectivity index (χ3v) is 3.56. The average Bonchev–Trinajstić information content (AvgIpc) is 2.84. The van der Waals surface area contributed by atoms with Crippen molar-refractivity contribution < 1.29 is 4.79 Å². The summed E-state index contributed by atoms with van der Waals surface area (Å²) in [6.07, 6.45) is 0.790. The van der Waals surface area contributed by atoms with Crippen LogP contribution in [-0.2, 0) is 0 Å². The first-order valence-electron chi connectivity index (χ1n) is 6.00. The summed E-state index contributed by atoms with van der Waals surface area (Å²) in [5.41, 5.74) is 3.29. The topological polar surface area (TPSA) is 56.6 Å². The molecule has 4 heteroatoms. The first kappa shape index (κ1) is 12.5. The molecule has 20 heavy (non-hydrogen) atoms. The molecule has 96 valence electrons. The van der Waals surface area contributed by atoms with Crippen LogP contribution in [0.2, 0.25) is 5.02 Å². The second kappa shape index (κ2) is 4.84. The van der Waals surface area contributed by atoms with E-state index in [0.29, 0.717) is 21.8 Å². The molecule has 0 saturated carbocycles. The van der Waals surface area contributed by atoms with Crippen molar-refractivity contribution in [3.63, 3.8) is 0 Å². The standard InChI is InChI=1S/C16H9ClN2O/c17-14-4-2-1-3-11(14)16-13(9-20)12-7-10(8-18)5-6-15(12)19-16/h1-7,9,19H. The maximum atomic E-state index is 11.4. The van der Waals surface area contributed by atoms with Crippen LogP contribution in [0.1, 0.15) is 15.9 Å². The molecule has 0 unspecified atom stereocenters. The van der Waals surface area contributed by atoms with E-state index >= 15 is 0 Å². The second-order valence-corrected chi connectivity index (χ2v) is 4.79. The molecule has 0 atom stereocenters. The number of hydrogen-bond donors (Lipinski definition) is 1. The van der Waals surface area contributed by atoms with Crippen LogP contribution in [0.5, 0.6) is 0 Å². The Morgan fingerprint density at radius 2 is 2.00 bits per heavy atom. The van der Waals surface area contributed by atoms with E-state index in [1.165, 1.54) is 0 Å². The molecule has 1 N–H and O–H groups in total. The third-order valence-electron chi connectivity index (χ3n) is 3.23. The Hall–Kier alpha value is -2.57. The number of fused-ring (bicyclic) bond motifs is 1. The van der Waals surface area contributed by atoms with Gasteiger partial charge in [-0.25, -0.2) is 0 Å². The molecule has 0 bridgehead atoms. The Bertz CT molecular complexity index is 859. The van der Waals surface area contributed by atoms with E-state index < -0.39 is 0 Å². The van der Waals surface area contributed by atoms with Gasteiger partial charge < -0.3 is 4.98 Å². The molecular weight excluding hydrogens is 272 g/mol. The Balaban J connectivity index is 2.35. The van der Waals surface area contributed by atoms with Crippen LogP contribution in [0, 0.1) is 11.3 Å². The van der Waals surface area contributed by atoms with Crippen molar-refractivity contribution in [3.8, 4) is 17.3 Å². The Morgan fingerprint density at radius 1 is 1.20 bits per heavy atom. The lowest BCUT2D eigenvalue weighted by molar-refractivity contribution is 0.112. The number of benzene rings is 2. The minimum Gasteiger partial charge on any atom is -0.354 e. The number of carbonyl (C=O) groups is 1. The van der Waals surface area contributed by atoms with Crippen molar-refractivity contribution >= 4 is 28.8 Å². The maximum Gasteiger partial charge on any atom is 0.152 e. The van der Waals surface area contributed by atoms with Gasteiger partial charge in [0.25, 0.3) is 0 Å². The fraction of sp³-hybridized carbons (Fsp3) is 0. The highest BCUT2D eigenvalue weighted by atomic mass is 35.5. The lowest BCUT2D eigenvalue weighted by atomic mass is 10.1. The highest BCUT2D eigenvalue weighted by Crippen LogP contribution is 2.33. The summed E-state index contributed by atoms with van der Waals surface area (Å²) in [5.74, 6) is 0. The number of carbonyl (C=O) groups excluding carboxylic acids is 1. The molecule has 3 nitrogen and oxygen atoms in total. The molecule has 0 saturated heterocycles. The predicted molar refractivity (Wildman–Crippen MR) is 78.8 cm³/mol. The van der Waals surface area contributed by atoms with Crippen molar-refractivity contribution in [1.29, 1.82) is 5.26 Å². The molecule has 3 aromatic rings. The molecule has 0 radical (unpaired) electrons. The van der Waals surface area contributed by atoms with E-state index in [1.807, 2.05) is 18.2 Å². The lowest BCUT2D eigenvalue weighted by Gasteiger charge is -2.02. The van der Waals surface area contributed by atoms with Gasteiger partial charge in [0.05, 0.1) is 17.3 Å². The van der Waals surface area contributed by atoms with Crippen LogP contribution in [0.4, 0.5) is 0 Å². The molecule has 0 aliphatic carbocycles. The fourth-order valence-corrected chi connectivity index (χ4v) is 2.51. The van der Waals surface area contributed by atoms with Crippen LogP contribution in [-0.4, -0.2) is 11.3 Å². The first-order chi connectivity index (χ1) is 9.74. The van der Waals surface area contributed by atoms with Gasteiger partial charge in [0.1, 0.15) is 0 Å². The fourth-order valence-electron chi connectivity index (χ4n) is 2.28. The third kappa shape index (κ3) is 1.87. The Labute approximate surface area is 120 Å². The second-order valence-electron chi connectivity index (χ2n) is 4.38. The van der Waals surface area contributed by atoms with E-state index in [4.69, 9.17) is 16.9 Å². The quantitative estimate of drug-likeness (QED) is 0.716. The van der Waals surface area contributed by atoms with Gasteiger partial charge in [-0.2, -0.15) is 5.26 Å². The number of nitriles is 1. The summed E-state index contributed by atoms with van der Waals surface area (Å²) in [4.78, 5) is 14.6. The summed E-state index contributed by atoms with van der Waals surface area (Å²) in [7, 11) is 0. The highest BCUT2D eigenvalue weighted by molar-refractivity contribution is 6.33. The van der Waals surface area contributed by atoms with E-state index in [-0.39, 0.29) is 0 Å². The minimum absolute atomic E-state index is 0.519. The smallest absolute Gasteiger partial charge is 0.152 e. The zero-order valence-electron chi connectivity index (χ0n) is 10.4. The van der Waals surface area contributed by atoms with Gasteiger partial charge in [0.2, 0.25) is 0 Å². The normalized spacial score (nSPS) is 10.4. The van der Waals surface area contributed by atoms with E-state index in [9.17, 15) is 4.79 Å². The SMILES string of the molecule is N#Cc1ccc2[nH]c(-c3ccccc3Cl)c(C=O)c2c1. The number of hydrogen-bond acceptors (Lipinski definition) is 2. The largest absolute Gasteiger partial charge is 0.354 e. The van der Waals surface area contributed by atoms with Crippen molar-refractivity contribution in [1.82, 2.24) is 4.98 Å². The number of nitrogens with zero attached hydrogens (tertiary/aromatic N) is 1. The molecule has 2 aromatic carbocycles. The number of aldehydes is 1.